The highest BCUT2D eigenvalue weighted by Gasteiger charge is 2.20. The van der Waals surface area contributed by atoms with E-state index in [1.165, 1.54) is 135 Å². The number of aliphatic hydroxyl groups excluding tert-OH is 3. The van der Waals surface area contributed by atoms with Crippen LogP contribution in [-0.2, 0) is 13.6 Å². The maximum Gasteiger partial charge on any atom is 0.332 e. The normalized spacial score (nSPS) is 11.7. The van der Waals surface area contributed by atoms with Gasteiger partial charge in [0.05, 0.1) is 45.2 Å². The molecule has 0 aromatic heterocycles. The van der Waals surface area contributed by atoms with E-state index in [9.17, 15) is 0 Å². The van der Waals surface area contributed by atoms with Crippen LogP contribution in [0.4, 0.5) is 0 Å². The maximum absolute atomic E-state index is 8.34. The first-order valence-corrected chi connectivity index (χ1v) is 18.9. The van der Waals surface area contributed by atoms with Gasteiger partial charge in [0.1, 0.15) is 0 Å². The first-order valence-electron chi connectivity index (χ1n) is 17.8. The van der Waals surface area contributed by atoms with E-state index < -0.39 is 34.0 Å². The van der Waals surface area contributed by atoms with E-state index in [0.29, 0.717) is 0 Å². The quantitative estimate of drug-likeness (QED) is 0.0425. The number of hydrogen-bond donors (Lipinski definition) is 4. The third kappa shape index (κ3) is 34.6. The van der Waals surface area contributed by atoms with Gasteiger partial charge in [-0.05, 0) is 19.3 Å². The minimum atomic E-state index is -1.21. The van der Waals surface area contributed by atoms with Crippen molar-refractivity contribution in [3.05, 3.63) is 0 Å². The molecular formula is C34H74NO6P. The second kappa shape index (κ2) is 37.3. The minimum absolute atomic E-state index is 0.403. The minimum Gasteiger partial charge on any atom is -0.394 e. The van der Waals surface area contributed by atoms with Gasteiger partial charge in [0.25, 0.3) is 0 Å². The Morgan fingerprint density at radius 1 is 0.405 bits per heavy atom. The summed E-state index contributed by atoms with van der Waals surface area (Å²) in [6, 6.07) is 0. The summed E-state index contributed by atoms with van der Waals surface area (Å²) in [4.78, 5) is 0. The molecule has 42 heavy (non-hydrogen) atoms. The lowest BCUT2D eigenvalue weighted by atomic mass is 10.1. The van der Waals surface area contributed by atoms with Gasteiger partial charge in [-0.3, -0.25) is 0 Å². The summed E-state index contributed by atoms with van der Waals surface area (Å²) in [5.74, 6) is 0. The molecule has 0 atom stereocenters. The van der Waals surface area contributed by atoms with Gasteiger partial charge < -0.3 is 34.6 Å². The smallest absolute Gasteiger partial charge is 0.332 e. The Kier molecular flexibility index (Phi) is 39.4. The summed E-state index contributed by atoms with van der Waals surface area (Å²) < 4.78 is 18.2. The molecule has 5 N–H and O–H groups in total. The van der Waals surface area contributed by atoms with E-state index in [1.54, 1.807) is 0 Å². The van der Waals surface area contributed by atoms with Crippen molar-refractivity contribution < 1.29 is 28.9 Å². The van der Waals surface area contributed by atoms with Gasteiger partial charge in [-0.2, -0.15) is 0 Å². The lowest BCUT2D eigenvalue weighted by Crippen LogP contribution is -2.50. The highest BCUT2D eigenvalue weighted by Crippen LogP contribution is 2.40. The van der Waals surface area contributed by atoms with Crippen molar-refractivity contribution >= 4 is 8.60 Å². The molecule has 0 saturated carbocycles. The highest BCUT2D eigenvalue weighted by molar-refractivity contribution is 7.41. The molecule has 0 bridgehead atoms. The maximum atomic E-state index is 8.34. The molecule has 0 rings (SSSR count). The number of hydrogen-bond acceptors (Lipinski definition) is 7. The molecule has 7 nitrogen and oxygen atoms in total. The largest absolute Gasteiger partial charge is 0.394 e. The predicted molar refractivity (Wildman–Crippen MR) is 181 cm³/mol. The van der Waals surface area contributed by atoms with Crippen LogP contribution in [0.2, 0.25) is 0 Å². The molecule has 0 spiro atoms. The summed E-state index contributed by atoms with van der Waals surface area (Å²) >= 11 is 0. The Balaban J connectivity index is 0. The average molecular weight is 624 g/mol. The zero-order chi connectivity index (χ0) is 31.4. The van der Waals surface area contributed by atoms with Crippen LogP contribution in [-0.4, -0.2) is 60.5 Å². The van der Waals surface area contributed by atoms with E-state index in [4.69, 9.17) is 34.6 Å². The summed E-state index contributed by atoms with van der Waals surface area (Å²) in [5.41, 5.74) is 3.94. The van der Waals surface area contributed by atoms with Crippen LogP contribution >= 0.6 is 8.60 Å². The lowest BCUT2D eigenvalue weighted by molar-refractivity contribution is 0.0697. The van der Waals surface area contributed by atoms with E-state index in [1.807, 2.05) is 0 Å². The van der Waals surface area contributed by atoms with Crippen molar-refractivity contribution in [3.63, 3.8) is 0 Å². The van der Waals surface area contributed by atoms with Gasteiger partial charge in [-0.15, -0.1) is 0 Å². The van der Waals surface area contributed by atoms with Gasteiger partial charge >= 0.3 is 8.60 Å². The second-order valence-corrected chi connectivity index (χ2v) is 13.2. The van der Waals surface area contributed by atoms with Gasteiger partial charge in [-0.1, -0.05) is 156 Å². The zero-order valence-electron chi connectivity index (χ0n) is 28.3. The molecule has 0 aliphatic carbocycles. The van der Waals surface area contributed by atoms with E-state index in [-0.39, 0.29) is 0 Å². The third-order valence-corrected chi connectivity index (χ3v) is 8.71. The molecule has 0 aliphatic heterocycles. The fraction of sp³-hybridized carbons (Fsp3) is 1.00. The Hall–Kier alpha value is 0.150. The number of rotatable bonds is 33. The van der Waals surface area contributed by atoms with Gasteiger partial charge in [0, 0.05) is 0 Å². The number of nitrogens with two attached hydrogens (primary N) is 1. The van der Waals surface area contributed by atoms with Crippen molar-refractivity contribution in [3.8, 4) is 0 Å². The second-order valence-electron chi connectivity index (χ2n) is 12.0. The van der Waals surface area contributed by atoms with Gasteiger partial charge in [0.2, 0.25) is 0 Å². The average Bonchev–Trinajstić information content (AvgIpc) is 3.01. The van der Waals surface area contributed by atoms with Crippen LogP contribution in [0.15, 0.2) is 0 Å². The van der Waals surface area contributed by atoms with Crippen LogP contribution in [0.5, 0.6) is 0 Å². The highest BCUT2D eigenvalue weighted by atomic mass is 31.2. The number of unbranched alkanes of at least 4 members (excludes halogenated alkanes) is 21. The van der Waals surface area contributed by atoms with Crippen molar-refractivity contribution in [1.82, 2.24) is 0 Å². The van der Waals surface area contributed by atoms with Crippen LogP contribution in [0.3, 0.4) is 0 Å². The molecule has 0 radical (unpaired) electrons. The molecule has 0 saturated heterocycles. The first-order chi connectivity index (χ1) is 20.5. The van der Waals surface area contributed by atoms with Crippen LogP contribution < -0.4 is 5.73 Å². The molecule has 0 fully saturated rings. The lowest BCUT2D eigenvalue weighted by Gasteiger charge is -2.20. The summed E-state index contributed by atoms with van der Waals surface area (Å²) in [6.45, 7) is 8.00. The Morgan fingerprint density at radius 3 is 0.810 bits per heavy atom. The van der Waals surface area contributed by atoms with Crippen molar-refractivity contribution in [2.75, 3.05) is 39.6 Å². The summed E-state index contributed by atoms with van der Waals surface area (Å²) in [7, 11) is -1.16. The SMILES string of the molecule is CCCCCCCCCCOP(OCCCCCCCCCC)OCCCCCCCCCC.NC(CO)(CO)CO. The summed E-state index contributed by atoms with van der Waals surface area (Å²) in [5, 5.41) is 25.0. The van der Waals surface area contributed by atoms with Crippen molar-refractivity contribution in [2.24, 2.45) is 5.73 Å². The van der Waals surface area contributed by atoms with Crippen LogP contribution in [0.1, 0.15) is 175 Å². The Bertz CT molecular complexity index is 424. The molecule has 256 valence electrons. The van der Waals surface area contributed by atoms with Gasteiger partial charge in [-0.25, -0.2) is 0 Å². The van der Waals surface area contributed by atoms with Crippen molar-refractivity contribution in [2.45, 2.75) is 180 Å². The molecule has 8 heteroatoms. The monoisotopic (exact) mass is 624 g/mol. The zero-order valence-corrected chi connectivity index (χ0v) is 29.2. The fourth-order valence-electron chi connectivity index (χ4n) is 4.39. The molecule has 0 unspecified atom stereocenters. The predicted octanol–water partition coefficient (Wildman–Crippen LogP) is 9.35. The molecule has 0 aliphatic rings. The van der Waals surface area contributed by atoms with Gasteiger partial charge in [0.15, 0.2) is 0 Å². The Morgan fingerprint density at radius 2 is 0.619 bits per heavy atom. The molecule has 0 heterocycles. The standard InChI is InChI=1S/C30H63O3P.C4H11NO3/c1-4-7-10-13-16-19-22-25-28-31-34(32-29-26-23-20-17-14-11-8-5-2)33-30-27-24-21-18-15-12-9-6-3;5-4(1-6,2-7)3-8/h4-30H2,1-3H3;6-8H,1-3,5H2. The van der Waals surface area contributed by atoms with E-state index in [0.717, 1.165) is 39.1 Å². The topological polar surface area (TPSA) is 114 Å². The summed E-state index contributed by atoms with van der Waals surface area (Å²) in [6.07, 6.45) is 31.9. The number of aliphatic hydroxyl groups is 3. The van der Waals surface area contributed by atoms with Crippen molar-refractivity contribution in [1.29, 1.82) is 0 Å². The third-order valence-electron chi connectivity index (χ3n) is 7.53. The molecular weight excluding hydrogens is 549 g/mol. The molecule has 0 amide bonds. The fourth-order valence-corrected chi connectivity index (χ4v) is 5.45. The van der Waals surface area contributed by atoms with Crippen LogP contribution in [0.25, 0.3) is 0 Å². The van der Waals surface area contributed by atoms with E-state index >= 15 is 0 Å². The van der Waals surface area contributed by atoms with E-state index in [2.05, 4.69) is 20.8 Å². The molecule has 0 aromatic carbocycles. The molecule has 0 aromatic rings. The van der Waals surface area contributed by atoms with Crippen LogP contribution in [0, 0.1) is 0 Å². The first kappa shape index (κ1) is 44.3. The Labute approximate surface area is 263 Å².